The molecule has 1 aliphatic rings. The fourth-order valence-corrected chi connectivity index (χ4v) is 3.95. The van der Waals surface area contributed by atoms with Crippen molar-refractivity contribution in [3.63, 3.8) is 0 Å². The lowest BCUT2D eigenvalue weighted by molar-refractivity contribution is 0.169. The first-order valence-electron chi connectivity index (χ1n) is 9.03. The van der Waals surface area contributed by atoms with E-state index in [4.69, 9.17) is 4.52 Å². The standard InChI is InChI=1S/C19H27N5OS.HI/c1-16(26-18-6-4-3-5-7-18)14-21-19(20-2)24-11-9-23(10-12-24)15-17-8-13-25-22-17;/h3-8,13,16H,9-12,14-15H2,1-2H3,(H,20,21);1H. The van der Waals surface area contributed by atoms with Gasteiger partial charge in [-0.2, -0.15) is 0 Å². The van der Waals surface area contributed by atoms with Crippen LogP contribution in [0.3, 0.4) is 0 Å². The van der Waals surface area contributed by atoms with Gasteiger partial charge < -0.3 is 14.7 Å². The minimum Gasteiger partial charge on any atom is -0.364 e. The molecule has 6 nitrogen and oxygen atoms in total. The van der Waals surface area contributed by atoms with Crippen molar-refractivity contribution in [2.45, 2.75) is 23.6 Å². The average molecular weight is 501 g/mol. The predicted molar refractivity (Wildman–Crippen MR) is 122 cm³/mol. The Kier molecular flexibility index (Phi) is 9.43. The molecule has 8 heteroatoms. The summed E-state index contributed by atoms with van der Waals surface area (Å²) in [6.45, 7) is 7.93. The van der Waals surface area contributed by atoms with Crippen LogP contribution in [0.1, 0.15) is 12.6 Å². The quantitative estimate of drug-likeness (QED) is 0.284. The summed E-state index contributed by atoms with van der Waals surface area (Å²) in [5, 5.41) is 8.00. The highest BCUT2D eigenvalue weighted by molar-refractivity contribution is 14.0. The van der Waals surface area contributed by atoms with E-state index in [1.807, 2.05) is 24.9 Å². The van der Waals surface area contributed by atoms with Gasteiger partial charge in [0.2, 0.25) is 0 Å². The summed E-state index contributed by atoms with van der Waals surface area (Å²) >= 11 is 1.89. The van der Waals surface area contributed by atoms with Crippen LogP contribution in [0.15, 0.2) is 57.1 Å². The van der Waals surface area contributed by atoms with Crippen molar-refractivity contribution >= 4 is 41.7 Å². The Labute approximate surface area is 182 Å². The van der Waals surface area contributed by atoms with E-state index in [1.165, 1.54) is 4.90 Å². The molecule has 2 aromatic rings. The Morgan fingerprint density at radius 3 is 2.59 bits per heavy atom. The molecule has 0 radical (unpaired) electrons. The van der Waals surface area contributed by atoms with Gasteiger partial charge in [0.1, 0.15) is 6.26 Å². The molecule has 0 saturated carbocycles. The highest BCUT2D eigenvalue weighted by Gasteiger charge is 2.20. The van der Waals surface area contributed by atoms with Crippen molar-refractivity contribution in [1.82, 2.24) is 20.3 Å². The fourth-order valence-electron chi connectivity index (χ4n) is 3.01. The average Bonchev–Trinajstić information content (AvgIpc) is 3.17. The van der Waals surface area contributed by atoms with Crippen molar-refractivity contribution in [3.8, 4) is 0 Å². The van der Waals surface area contributed by atoms with Gasteiger partial charge in [-0.3, -0.25) is 9.89 Å². The van der Waals surface area contributed by atoms with Crippen molar-refractivity contribution in [2.24, 2.45) is 4.99 Å². The third-order valence-corrected chi connectivity index (χ3v) is 5.50. The molecule has 1 aliphatic heterocycles. The lowest BCUT2D eigenvalue weighted by atomic mass is 10.3. The van der Waals surface area contributed by atoms with Gasteiger partial charge in [-0.25, -0.2) is 0 Å². The molecule has 0 amide bonds. The van der Waals surface area contributed by atoms with Crippen LogP contribution in [0, 0.1) is 0 Å². The number of hydrogen-bond donors (Lipinski definition) is 1. The van der Waals surface area contributed by atoms with Gasteiger partial charge in [-0.05, 0) is 12.1 Å². The van der Waals surface area contributed by atoms with Gasteiger partial charge in [0.15, 0.2) is 5.96 Å². The van der Waals surface area contributed by atoms with Crippen LogP contribution in [-0.2, 0) is 6.54 Å². The number of piperazine rings is 1. The molecule has 1 aromatic carbocycles. The van der Waals surface area contributed by atoms with E-state index >= 15 is 0 Å². The summed E-state index contributed by atoms with van der Waals surface area (Å²) in [7, 11) is 1.86. The molecule has 148 valence electrons. The van der Waals surface area contributed by atoms with E-state index in [1.54, 1.807) is 6.26 Å². The van der Waals surface area contributed by atoms with E-state index in [-0.39, 0.29) is 24.0 Å². The second-order valence-electron chi connectivity index (χ2n) is 6.42. The lowest BCUT2D eigenvalue weighted by Crippen LogP contribution is -2.52. The monoisotopic (exact) mass is 501 g/mol. The maximum absolute atomic E-state index is 4.91. The Hall–Kier alpha value is -1.26. The highest BCUT2D eigenvalue weighted by atomic mass is 127. The number of nitrogens with one attached hydrogen (secondary N) is 1. The van der Waals surface area contributed by atoms with Gasteiger partial charge in [0.05, 0.1) is 5.69 Å². The van der Waals surface area contributed by atoms with Crippen LogP contribution in [-0.4, -0.2) is 65.9 Å². The third-order valence-electron chi connectivity index (χ3n) is 4.39. The first-order valence-corrected chi connectivity index (χ1v) is 9.91. The second kappa shape index (κ2) is 11.6. The normalized spacial score (nSPS) is 16.7. The first kappa shape index (κ1) is 22.0. The van der Waals surface area contributed by atoms with Crippen LogP contribution >= 0.6 is 35.7 Å². The molecule has 1 saturated heterocycles. The second-order valence-corrected chi connectivity index (χ2v) is 7.94. The minimum atomic E-state index is 0. The summed E-state index contributed by atoms with van der Waals surface area (Å²) in [6.07, 6.45) is 1.63. The highest BCUT2D eigenvalue weighted by Crippen LogP contribution is 2.22. The number of rotatable bonds is 6. The van der Waals surface area contributed by atoms with Crippen LogP contribution < -0.4 is 5.32 Å². The SMILES string of the molecule is CN=C(NCC(C)Sc1ccccc1)N1CCN(Cc2ccon2)CC1.I. The van der Waals surface area contributed by atoms with Gasteiger partial charge in [0, 0.05) is 62.5 Å². The molecule has 0 spiro atoms. The van der Waals surface area contributed by atoms with Gasteiger partial charge in [-0.15, -0.1) is 35.7 Å². The fraction of sp³-hybridized carbons (Fsp3) is 0.474. The Bertz CT molecular complexity index is 675. The minimum absolute atomic E-state index is 0. The Morgan fingerprint density at radius 1 is 1.22 bits per heavy atom. The van der Waals surface area contributed by atoms with Crippen LogP contribution in [0.4, 0.5) is 0 Å². The zero-order valence-corrected chi connectivity index (χ0v) is 19.0. The van der Waals surface area contributed by atoms with E-state index in [9.17, 15) is 0 Å². The first-order chi connectivity index (χ1) is 12.7. The summed E-state index contributed by atoms with van der Waals surface area (Å²) in [4.78, 5) is 10.5. The largest absolute Gasteiger partial charge is 0.364 e. The summed E-state index contributed by atoms with van der Waals surface area (Å²) < 4.78 is 4.91. The van der Waals surface area contributed by atoms with Crippen LogP contribution in [0.2, 0.25) is 0 Å². The Balaban J connectivity index is 0.00000261. The molecule has 2 heterocycles. The van der Waals surface area contributed by atoms with Crippen LogP contribution in [0.5, 0.6) is 0 Å². The van der Waals surface area contributed by atoms with Gasteiger partial charge >= 0.3 is 0 Å². The van der Waals surface area contributed by atoms with Crippen molar-refractivity contribution in [3.05, 3.63) is 48.4 Å². The van der Waals surface area contributed by atoms with Crippen molar-refractivity contribution in [2.75, 3.05) is 39.8 Å². The maximum Gasteiger partial charge on any atom is 0.193 e. The zero-order chi connectivity index (χ0) is 18.2. The number of halogens is 1. The number of nitrogens with zero attached hydrogens (tertiary/aromatic N) is 4. The van der Waals surface area contributed by atoms with E-state index < -0.39 is 0 Å². The zero-order valence-electron chi connectivity index (χ0n) is 15.9. The molecule has 1 aromatic heterocycles. The molecule has 1 fully saturated rings. The number of thioether (sulfide) groups is 1. The van der Waals surface area contributed by atoms with E-state index in [0.717, 1.165) is 50.9 Å². The van der Waals surface area contributed by atoms with E-state index in [0.29, 0.717) is 5.25 Å². The number of aromatic nitrogens is 1. The molecule has 1 unspecified atom stereocenters. The number of benzene rings is 1. The number of hydrogen-bond acceptors (Lipinski definition) is 5. The molecule has 27 heavy (non-hydrogen) atoms. The molecule has 0 bridgehead atoms. The van der Waals surface area contributed by atoms with Gasteiger partial charge in [-0.1, -0.05) is 30.3 Å². The molecule has 1 N–H and O–H groups in total. The predicted octanol–water partition coefficient (Wildman–Crippen LogP) is 3.17. The topological polar surface area (TPSA) is 56.9 Å². The number of aliphatic imine (C=N–C) groups is 1. The Morgan fingerprint density at radius 2 is 1.96 bits per heavy atom. The summed E-state index contributed by atoms with van der Waals surface area (Å²) in [5.74, 6) is 0.992. The molecule has 0 aliphatic carbocycles. The molecular weight excluding hydrogens is 473 g/mol. The third kappa shape index (κ3) is 7.00. The van der Waals surface area contributed by atoms with Crippen molar-refractivity contribution in [1.29, 1.82) is 0 Å². The smallest absolute Gasteiger partial charge is 0.193 e. The van der Waals surface area contributed by atoms with Gasteiger partial charge in [0.25, 0.3) is 0 Å². The maximum atomic E-state index is 4.91. The van der Waals surface area contributed by atoms with Crippen molar-refractivity contribution < 1.29 is 4.52 Å². The molecular formula is C19H28IN5OS. The van der Waals surface area contributed by atoms with Crippen LogP contribution in [0.25, 0.3) is 0 Å². The summed E-state index contributed by atoms with van der Waals surface area (Å²) in [5.41, 5.74) is 0.993. The molecule has 3 rings (SSSR count). The summed E-state index contributed by atoms with van der Waals surface area (Å²) in [6, 6.07) is 12.5. The lowest BCUT2D eigenvalue weighted by Gasteiger charge is -2.36. The van der Waals surface area contributed by atoms with E-state index in [2.05, 4.69) is 62.5 Å². The number of guanidine groups is 1. The molecule has 1 atom stereocenters.